The Hall–Kier alpha value is -4.50. The van der Waals surface area contributed by atoms with Crippen molar-refractivity contribution in [2.45, 2.75) is 49.7 Å². The molecule has 7 rings (SSSR count). The van der Waals surface area contributed by atoms with Crippen LogP contribution in [0.5, 0.6) is 0 Å². The summed E-state index contributed by atoms with van der Waals surface area (Å²) >= 11 is 0. The molecule has 0 bridgehead atoms. The number of anilines is 2. The number of hydrogen-bond donors (Lipinski definition) is 4. The highest BCUT2D eigenvalue weighted by Crippen LogP contribution is 2.39. The van der Waals surface area contributed by atoms with Gasteiger partial charge < -0.3 is 30.5 Å². The lowest BCUT2D eigenvalue weighted by atomic mass is 9.91. The van der Waals surface area contributed by atoms with E-state index in [4.69, 9.17) is 14.7 Å². The van der Waals surface area contributed by atoms with Crippen molar-refractivity contribution in [3.8, 4) is 0 Å². The quantitative estimate of drug-likeness (QED) is 0.170. The van der Waals surface area contributed by atoms with Crippen LogP contribution in [0, 0.1) is 0 Å². The fourth-order valence-corrected chi connectivity index (χ4v) is 6.33. The number of ether oxygens (including phenoxy) is 1. The number of imidazole rings is 1. The second-order valence-electron chi connectivity index (χ2n) is 11.9. The first-order valence-electron chi connectivity index (χ1n) is 15.8. The third-order valence-corrected chi connectivity index (χ3v) is 8.75. The first-order chi connectivity index (χ1) is 22.5. The summed E-state index contributed by atoms with van der Waals surface area (Å²) in [7, 11) is 1.63. The number of fused-ring (bicyclic) bond motifs is 1. The van der Waals surface area contributed by atoms with Gasteiger partial charge in [-0.05, 0) is 42.3 Å². The summed E-state index contributed by atoms with van der Waals surface area (Å²) in [6.07, 6.45) is 0.776. The number of rotatable bonds is 11. The van der Waals surface area contributed by atoms with Crippen molar-refractivity contribution in [1.29, 1.82) is 0 Å². The molecule has 4 atom stereocenters. The highest BCUT2D eigenvalue weighted by molar-refractivity contribution is 5.84. The Morgan fingerprint density at radius 1 is 0.913 bits per heavy atom. The molecule has 2 fully saturated rings. The van der Waals surface area contributed by atoms with Gasteiger partial charge in [-0.25, -0.2) is 4.98 Å². The second kappa shape index (κ2) is 13.5. The van der Waals surface area contributed by atoms with E-state index in [1.165, 1.54) is 35.2 Å². The van der Waals surface area contributed by atoms with Crippen LogP contribution >= 0.6 is 0 Å². The van der Waals surface area contributed by atoms with E-state index in [0.717, 1.165) is 19.6 Å². The maximum Gasteiger partial charge on any atom is 0.226 e. The lowest BCUT2D eigenvalue weighted by molar-refractivity contribution is -0.0384. The predicted octanol–water partition coefficient (Wildman–Crippen LogP) is 2.48. The molecule has 5 aromatic rings. The van der Waals surface area contributed by atoms with Gasteiger partial charge in [0.25, 0.3) is 0 Å². The van der Waals surface area contributed by atoms with Crippen LogP contribution < -0.4 is 10.6 Å². The molecule has 2 aliphatic rings. The summed E-state index contributed by atoms with van der Waals surface area (Å²) in [5.74, 6) is 1.23. The number of benzene rings is 2. The van der Waals surface area contributed by atoms with Gasteiger partial charge in [0.1, 0.15) is 12.2 Å². The van der Waals surface area contributed by atoms with Crippen LogP contribution in [0.3, 0.4) is 0 Å². The summed E-state index contributed by atoms with van der Waals surface area (Å²) in [6, 6.07) is 20.7. The van der Waals surface area contributed by atoms with Gasteiger partial charge in [-0.3, -0.25) is 4.57 Å². The number of aliphatic hydroxyl groups excluding tert-OH is 2. The molecule has 4 N–H and O–H groups in total. The molecule has 2 saturated heterocycles. The fraction of sp³-hybridized carbons (Fsp3) is 0.438. The number of aryl methyl sites for hydroxylation is 1. The van der Waals surface area contributed by atoms with Crippen molar-refractivity contribution < 1.29 is 14.9 Å². The van der Waals surface area contributed by atoms with Crippen LogP contribution in [0.4, 0.5) is 11.8 Å². The zero-order valence-corrected chi connectivity index (χ0v) is 25.7. The standard InChI is InChI=1S/C32H39N11O3/c1-41-39-29(38-40-41)27-25(44)26(45)31(46-27)43-20-35-24-28(36-32(37-30(24)43)33-15-18-42-16-9-4-10-17-42)34-19-23(21-11-5-2-6-12-21)22-13-7-3-8-14-22/h2-3,5-8,11-14,20,23,25-27,31,44-45H,4,9-10,15-19H2,1H3,(H2,33,34,36,37)/t25-,26+,27-,31+/m0/s1. The van der Waals surface area contributed by atoms with Crippen molar-refractivity contribution in [3.63, 3.8) is 0 Å². The molecule has 14 nitrogen and oxygen atoms in total. The highest BCUT2D eigenvalue weighted by Gasteiger charge is 2.47. The van der Waals surface area contributed by atoms with E-state index in [1.807, 2.05) is 36.4 Å². The summed E-state index contributed by atoms with van der Waals surface area (Å²) in [5, 5.41) is 41.0. The van der Waals surface area contributed by atoms with E-state index in [1.54, 1.807) is 17.9 Å². The Morgan fingerprint density at radius 3 is 2.30 bits per heavy atom. The fourth-order valence-electron chi connectivity index (χ4n) is 6.33. The third-order valence-electron chi connectivity index (χ3n) is 8.75. The molecule has 0 aliphatic carbocycles. The van der Waals surface area contributed by atoms with Gasteiger partial charge in [0.05, 0.1) is 13.4 Å². The Balaban J connectivity index is 1.20. The average molecular weight is 626 g/mol. The maximum absolute atomic E-state index is 11.1. The van der Waals surface area contributed by atoms with Gasteiger partial charge in [-0.15, -0.1) is 10.2 Å². The minimum Gasteiger partial charge on any atom is -0.387 e. The molecule has 0 unspecified atom stereocenters. The first kappa shape index (κ1) is 30.2. The molecule has 46 heavy (non-hydrogen) atoms. The van der Waals surface area contributed by atoms with Crippen molar-refractivity contribution >= 4 is 22.9 Å². The predicted molar refractivity (Wildman–Crippen MR) is 171 cm³/mol. The molecular formula is C32H39N11O3. The second-order valence-corrected chi connectivity index (χ2v) is 11.9. The molecular weight excluding hydrogens is 586 g/mol. The molecule has 0 radical (unpaired) electrons. The molecule has 0 saturated carbocycles. The zero-order valence-electron chi connectivity index (χ0n) is 25.7. The Morgan fingerprint density at radius 2 is 1.63 bits per heavy atom. The molecule has 0 amide bonds. The zero-order chi connectivity index (χ0) is 31.5. The van der Waals surface area contributed by atoms with E-state index in [-0.39, 0.29) is 11.7 Å². The Labute approximate surface area is 266 Å². The van der Waals surface area contributed by atoms with Crippen LogP contribution in [0.25, 0.3) is 11.2 Å². The van der Waals surface area contributed by atoms with Gasteiger partial charge >= 0.3 is 0 Å². The number of likely N-dealkylation sites (tertiary alicyclic amines) is 1. The van der Waals surface area contributed by atoms with Crippen LogP contribution in [0.15, 0.2) is 67.0 Å². The topological polar surface area (TPSA) is 164 Å². The Bertz CT molecular complexity index is 1690. The molecule has 0 spiro atoms. The number of hydrogen-bond acceptors (Lipinski definition) is 12. The minimum absolute atomic E-state index is 0.0559. The molecule has 5 heterocycles. The summed E-state index contributed by atoms with van der Waals surface area (Å²) in [5.41, 5.74) is 3.33. The third kappa shape index (κ3) is 6.29. The number of aliphatic hydroxyl groups is 2. The Kier molecular flexibility index (Phi) is 8.83. The lowest BCUT2D eigenvalue weighted by Gasteiger charge is -2.26. The molecule has 240 valence electrons. The van der Waals surface area contributed by atoms with Gasteiger partial charge in [0, 0.05) is 25.6 Å². The number of tetrazole rings is 1. The average Bonchev–Trinajstić information content (AvgIpc) is 3.79. The SMILES string of the molecule is Cn1nnc([C@H]2O[C@@H](n3cnc4c(NCC(c5ccccc5)c5ccccc5)nc(NCCN5CCCCC5)nc43)[C@H](O)[C@@H]2O)n1. The van der Waals surface area contributed by atoms with Crippen LogP contribution in [0.2, 0.25) is 0 Å². The minimum atomic E-state index is -1.28. The van der Waals surface area contributed by atoms with Crippen LogP contribution in [0.1, 0.15) is 54.5 Å². The smallest absolute Gasteiger partial charge is 0.226 e. The van der Waals surface area contributed by atoms with E-state index in [9.17, 15) is 10.2 Å². The van der Waals surface area contributed by atoms with Crippen molar-refractivity contribution in [1.82, 2.24) is 44.6 Å². The van der Waals surface area contributed by atoms with Gasteiger partial charge in [0.2, 0.25) is 11.8 Å². The summed E-state index contributed by atoms with van der Waals surface area (Å²) < 4.78 is 7.76. The number of piperidine rings is 1. The van der Waals surface area contributed by atoms with Gasteiger partial charge in [-0.2, -0.15) is 14.8 Å². The molecule has 3 aromatic heterocycles. The van der Waals surface area contributed by atoms with Gasteiger partial charge in [0.15, 0.2) is 29.3 Å². The molecule has 2 aliphatic heterocycles. The van der Waals surface area contributed by atoms with E-state index >= 15 is 0 Å². The molecule has 14 heteroatoms. The maximum atomic E-state index is 11.1. The van der Waals surface area contributed by atoms with Crippen LogP contribution in [-0.2, 0) is 11.8 Å². The van der Waals surface area contributed by atoms with E-state index in [0.29, 0.717) is 36.0 Å². The first-order valence-corrected chi connectivity index (χ1v) is 15.8. The summed E-state index contributed by atoms with van der Waals surface area (Å²) in [6.45, 7) is 4.32. The summed E-state index contributed by atoms with van der Waals surface area (Å²) in [4.78, 5) is 18.1. The number of aromatic nitrogens is 8. The molecule has 2 aromatic carbocycles. The highest BCUT2D eigenvalue weighted by atomic mass is 16.6. The number of nitrogens with zero attached hydrogens (tertiary/aromatic N) is 9. The number of nitrogens with one attached hydrogen (secondary N) is 2. The largest absolute Gasteiger partial charge is 0.387 e. The van der Waals surface area contributed by atoms with E-state index in [2.05, 4.69) is 60.2 Å². The van der Waals surface area contributed by atoms with Gasteiger partial charge in [-0.1, -0.05) is 67.1 Å². The van der Waals surface area contributed by atoms with Crippen LogP contribution in [-0.4, -0.2) is 99.8 Å². The van der Waals surface area contributed by atoms with Crippen molar-refractivity contribution in [2.75, 3.05) is 43.4 Å². The lowest BCUT2D eigenvalue weighted by Crippen LogP contribution is -2.34. The van der Waals surface area contributed by atoms with Crippen molar-refractivity contribution in [2.24, 2.45) is 7.05 Å². The monoisotopic (exact) mass is 625 g/mol. The van der Waals surface area contributed by atoms with Crippen molar-refractivity contribution in [3.05, 3.63) is 83.9 Å². The van der Waals surface area contributed by atoms with E-state index < -0.39 is 24.5 Å². The normalized spacial score (nSPS) is 22.1.